The maximum absolute atomic E-state index is 13.6. The summed E-state index contributed by atoms with van der Waals surface area (Å²) in [6.07, 6.45) is 7.43. The number of hydrogen-bond acceptors (Lipinski definition) is 5. The summed E-state index contributed by atoms with van der Waals surface area (Å²) in [7, 11) is 0. The Bertz CT molecular complexity index is 886. The second kappa shape index (κ2) is 6.68. The third-order valence-corrected chi connectivity index (χ3v) is 8.49. The van der Waals surface area contributed by atoms with Crippen molar-refractivity contribution in [2.75, 3.05) is 0 Å². The van der Waals surface area contributed by atoms with E-state index in [9.17, 15) is 4.79 Å². The highest BCUT2D eigenvalue weighted by atomic mass is 32.2. The largest absolute Gasteiger partial charge is 0.298 e. The highest BCUT2D eigenvalue weighted by Crippen LogP contribution is 2.61. The second-order valence-corrected chi connectivity index (χ2v) is 10.7. The standard InChI is InChI=1S/C22H28N4OS/c1-13-5-4-6-19(14(13)2)26-21(23-24-25-26)28-15(3)20(27)22-10-16-7-17(11-22)9-18(8-16)12-22/h4-6,15-18H,7-12H2,1-3H3. The number of ketones is 1. The van der Waals surface area contributed by atoms with E-state index in [1.807, 2.05) is 19.1 Å². The maximum atomic E-state index is 13.6. The van der Waals surface area contributed by atoms with Crippen LogP contribution in [0.3, 0.4) is 0 Å². The predicted octanol–water partition coefficient (Wildman–Crippen LogP) is 4.55. The van der Waals surface area contributed by atoms with Gasteiger partial charge in [0.2, 0.25) is 5.16 Å². The smallest absolute Gasteiger partial charge is 0.214 e. The van der Waals surface area contributed by atoms with Crippen LogP contribution in [0.4, 0.5) is 0 Å². The fraction of sp³-hybridized carbons (Fsp3) is 0.636. The third-order valence-electron chi connectivity index (χ3n) is 7.46. The van der Waals surface area contributed by atoms with Crippen LogP contribution in [0.5, 0.6) is 0 Å². The SMILES string of the molecule is Cc1cccc(-n2nnnc2SC(C)C(=O)C23CC4CC(CC(C4)C2)C3)c1C. The number of aromatic nitrogens is 4. The first-order valence-corrected chi connectivity index (χ1v) is 11.4. The van der Waals surface area contributed by atoms with Crippen molar-refractivity contribution in [3.8, 4) is 5.69 Å². The molecule has 2 aromatic rings. The number of aryl methyl sites for hydroxylation is 1. The molecule has 0 spiro atoms. The lowest BCUT2D eigenvalue weighted by molar-refractivity contribution is -0.142. The summed E-state index contributed by atoms with van der Waals surface area (Å²) < 4.78 is 1.79. The van der Waals surface area contributed by atoms with E-state index in [4.69, 9.17) is 0 Å². The second-order valence-electron chi connectivity index (χ2n) is 9.41. The monoisotopic (exact) mass is 396 g/mol. The summed E-state index contributed by atoms with van der Waals surface area (Å²) in [5.41, 5.74) is 3.29. The fourth-order valence-corrected chi connectivity index (χ4v) is 7.42. The van der Waals surface area contributed by atoms with Gasteiger partial charge in [0, 0.05) is 5.41 Å². The minimum atomic E-state index is -0.119. The lowest BCUT2D eigenvalue weighted by Gasteiger charge is -2.56. The van der Waals surface area contributed by atoms with Gasteiger partial charge in [0.25, 0.3) is 0 Å². The average molecular weight is 397 g/mol. The molecule has 6 heteroatoms. The minimum Gasteiger partial charge on any atom is -0.298 e. The van der Waals surface area contributed by atoms with E-state index in [1.165, 1.54) is 36.6 Å². The number of hydrogen-bond donors (Lipinski definition) is 0. The quantitative estimate of drug-likeness (QED) is 0.694. The first-order valence-electron chi connectivity index (χ1n) is 10.5. The molecule has 4 saturated carbocycles. The molecule has 1 atom stereocenters. The zero-order chi connectivity index (χ0) is 19.5. The van der Waals surface area contributed by atoms with Crippen LogP contribution in [0.2, 0.25) is 0 Å². The Morgan fingerprint density at radius 2 is 1.79 bits per heavy atom. The Labute approximate surface area is 170 Å². The summed E-state index contributed by atoms with van der Waals surface area (Å²) in [6, 6.07) is 6.15. The molecule has 6 rings (SSSR count). The van der Waals surface area contributed by atoms with Gasteiger partial charge in [-0.2, -0.15) is 4.68 Å². The summed E-state index contributed by atoms with van der Waals surface area (Å²) in [5.74, 6) is 2.79. The molecule has 4 fully saturated rings. The summed E-state index contributed by atoms with van der Waals surface area (Å²) in [5, 5.41) is 13.0. The Morgan fingerprint density at radius 1 is 1.14 bits per heavy atom. The molecular formula is C22H28N4OS. The van der Waals surface area contributed by atoms with E-state index in [-0.39, 0.29) is 10.7 Å². The Hall–Kier alpha value is -1.69. The van der Waals surface area contributed by atoms with E-state index in [2.05, 4.69) is 35.4 Å². The van der Waals surface area contributed by atoms with Crippen molar-refractivity contribution in [2.45, 2.75) is 69.7 Å². The number of Topliss-reactive ketones (excluding diaryl/α,β-unsaturated/α-hetero) is 1. The van der Waals surface area contributed by atoms with Gasteiger partial charge < -0.3 is 0 Å². The fourth-order valence-electron chi connectivity index (χ4n) is 6.42. The van der Waals surface area contributed by atoms with Crippen LogP contribution in [0.1, 0.15) is 56.6 Å². The number of carbonyl (C=O) groups excluding carboxylic acids is 1. The van der Waals surface area contributed by atoms with Crippen LogP contribution in [0.15, 0.2) is 23.4 Å². The minimum absolute atomic E-state index is 0.0707. The van der Waals surface area contributed by atoms with E-state index in [0.29, 0.717) is 10.9 Å². The van der Waals surface area contributed by atoms with Crippen molar-refractivity contribution < 1.29 is 4.79 Å². The molecule has 0 amide bonds. The van der Waals surface area contributed by atoms with Gasteiger partial charge in [0.15, 0.2) is 5.78 Å². The Balaban J connectivity index is 1.38. The van der Waals surface area contributed by atoms with Gasteiger partial charge in [0.1, 0.15) is 0 Å². The molecule has 0 aliphatic heterocycles. The normalized spacial score (nSPS) is 31.9. The molecule has 1 heterocycles. The molecule has 0 N–H and O–H groups in total. The van der Waals surface area contributed by atoms with E-state index in [1.54, 1.807) is 4.68 Å². The lowest BCUT2D eigenvalue weighted by Crippen LogP contribution is -2.51. The molecule has 4 aliphatic carbocycles. The van der Waals surface area contributed by atoms with Gasteiger partial charge in [-0.1, -0.05) is 23.9 Å². The number of nitrogens with zero attached hydrogens (tertiary/aromatic N) is 4. The number of benzene rings is 1. The van der Waals surface area contributed by atoms with Gasteiger partial charge in [-0.05, 0) is 105 Å². The van der Waals surface area contributed by atoms with Crippen molar-refractivity contribution in [2.24, 2.45) is 23.2 Å². The first kappa shape index (κ1) is 18.3. The van der Waals surface area contributed by atoms with Crippen molar-refractivity contribution in [1.29, 1.82) is 0 Å². The van der Waals surface area contributed by atoms with Gasteiger partial charge >= 0.3 is 0 Å². The number of tetrazole rings is 1. The Kier molecular flexibility index (Phi) is 4.38. The van der Waals surface area contributed by atoms with E-state index >= 15 is 0 Å². The molecule has 1 aromatic heterocycles. The summed E-state index contributed by atoms with van der Waals surface area (Å²) in [4.78, 5) is 13.6. The van der Waals surface area contributed by atoms with E-state index in [0.717, 1.165) is 48.3 Å². The van der Waals surface area contributed by atoms with Crippen molar-refractivity contribution in [3.05, 3.63) is 29.3 Å². The van der Waals surface area contributed by atoms with E-state index < -0.39 is 0 Å². The predicted molar refractivity (Wildman–Crippen MR) is 110 cm³/mol. The molecule has 4 bridgehead atoms. The molecule has 5 nitrogen and oxygen atoms in total. The van der Waals surface area contributed by atoms with Gasteiger partial charge in [0.05, 0.1) is 10.9 Å². The average Bonchev–Trinajstić information content (AvgIpc) is 3.10. The highest BCUT2D eigenvalue weighted by molar-refractivity contribution is 8.00. The van der Waals surface area contributed by atoms with Crippen molar-refractivity contribution in [1.82, 2.24) is 20.2 Å². The van der Waals surface area contributed by atoms with Gasteiger partial charge in [-0.15, -0.1) is 5.10 Å². The highest BCUT2D eigenvalue weighted by Gasteiger charge is 2.55. The zero-order valence-corrected chi connectivity index (χ0v) is 17.7. The molecule has 1 unspecified atom stereocenters. The summed E-state index contributed by atoms with van der Waals surface area (Å²) >= 11 is 1.52. The Morgan fingerprint density at radius 3 is 2.43 bits per heavy atom. The molecule has 28 heavy (non-hydrogen) atoms. The molecule has 0 saturated heterocycles. The first-order chi connectivity index (χ1) is 13.4. The van der Waals surface area contributed by atoms with Crippen LogP contribution < -0.4 is 0 Å². The molecular weight excluding hydrogens is 368 g/mol. The van der Waals surface area contributed by atoms with Crippen LogP contribution in [-0.2, 0) is 4.79 Å². The molecule has 4 aliphatic rings. The summed E-state index contributed by atoms with van der Waals surface area (Å²) in [6.45, 7) is 6.23. The maximum Gasteiger partial charge on any atom is 0.214 e. The van der Waals surface area contributed by atoms with Gasteiger partial charge in [-0.3, -0.25) is 4.79 Å². The zero-order valence-electron chi connectivity index (χ0n) is 16.9. The molecule has 1 aromatic carbocycles. The van der Waals surface area contributed by atoms with Crippen molar-refractivity contribution in [3.63, 3.8) is 0 Å². The number of thioether (sulfide) groups is 1. The van der Waals surface area contributed by atoms with Crippen LogP contribution in [0.25, 0.3) is 5.69 Å². The van der Waals surface area contributed by atoms with Crippen molar-refractivity contribution >= 4 is 17.5 Å². The topological polar surface area (TPSA) is 60.7 Å². The van der Waals surface area contributed by atoms with Crippen LogP contribution in [-0.4, -0.2) is 31.2 Å². The molecule has 148 valence electrons. The molecule has 0 radical (unpaired) electrons. The van der Waals surface area contributed by atoms with Gasteiger partial charge in [-0.25, -0.2) is 0 Å². The van der Waals surface area contributed by atoms with Crippen LogP contribution in [0, 0.1) is 37.0 Å². The van der Waals surface area contributed by atoms with Crippen LogP contribution >= 0.6 is 11.8 Å². The number of carbonyl (C=O) groups is 1. The number of rotatable bonds is 5. The third kappa shape index (κ3) is 2.92. The lowest BCUT2D eigenvalue weighted by atomic mass is 9.48.